The van der Waals surface area contributed by atoms with Crippen molar-refractivity contribution >= 4 is 22.2 Å². The zero-order valence-corrected chi connectivity index (χ0v) is 8.67. The van der Waals surface area contributed by atoms with Gasteiger partial charge < -0.3 is 10.1 Å². The first-order chi connectivity index (χ1) is 6.29. The topological polar surface area (TPSA) is 29.1 Å². The van der Waals surface area contributed by atoms with Gasteiger partial charge in [-0.15, -0.1) is 0 Å². The van der Waals surface area contributed by atoms with Crippen molar-refractivity contribution in [2.75, 3.05) is 0 Å². The Labute approximate surface area is 85.5 Å². The molecule has 1 unspecified atom stereocenters. The highest BCUT2D eigenvalue weighted by Crippen LogP contribution is 2.20. The van der Waals surface area contributed by atoms with Gasteiger partial charge in [-0.05, 0) is 29.7 Å². The highest BCUT2D eigenvalue weighted by atomic mass is 79.9. The molecule has 0 aromatic heterocycles. The Morgan fingerprint density at radius 2 is 2.31 bits per heavy atom. The van der Waals surface area contributed by atoms with Crippen LogP contribution in [0.25, 0.3) is 0 Å². The van der Waals surface area contributed by atoms with E-state index in [1.807, 2.05) is 6.07 Å². The van der Waals surface area contributed by atoms with Gasteiger partial charge in [-0.25, -0.2) is 0 Å². The van der Waals surface area contributed by atoms with Gasteiger partial charge in [0.15, 0.2) is 0 Å². The molecule has 1 aliphatic heterocycles. The fourth-order valence-electron chi connectivity index (χ4n) is 1.60. The Bertz CT molecular complexity index is 338. The molecule has 0 aliphatic carbocycles. The first kappa shape index (κ1) is 8.91. The average molecular weight is 240 g/mol. The van der Waals surface area contributed by atoms with Gasteiger partial charge in [0, 0.05) is 11.0 Å². The van der Waals surface area contributed by atoms with Crippen molar-refractivity contribution in [1.29, 1.82) is 0 Å². The molecule has 13 heavy (non-hydrogen) atoms. The van der Waals surface area contributed by atoms with Gasteiger partial charge in [0.2, 0.25) is 0 Å². The number of carbonyl (C=O) groups excluding carboxylic acids is 1. The quantitative estimate of drug-likeness (QED) is 0.756. The molecule has 1 aromatic rings. The van der Waals surface area contributed by atoms with Crippen LogP contribution in [0.3, 0.4) is 0 Å². The van der Waals surface area contributed by atoms with Crippen LogP contribution < -0.4 is 5.32 Å². The standard InChI is InChI=1S/C10H10BrNO/c11-9-2-1-7-5-12-10(6-13)4-8(7)3-9/h1-3,6,10,12H,4-5H2. The fraction of sp³-hybridized carbons (Fsp3) is 0.300. The average Bonchev–Trinajstić information content (AvgIpc) is 2.16. The lowest BCUT2D eigenvalue weighted by Crippen LogP contribution is -2.36. The monoisotopic (exact) mass is 239 g/mol. The van der Waals surface area contributed by atoms with E-state index in [-0.39, 0.29) is 6.04 Å². The summed E-state index contributed by atoms with van der Waals surface area (Å²) in [5, 5.41) is 3.16. The molecule has 1 heterocycles. The summed E-state index contributed by atoms with van der Waals surface area (Å²) in [6.07, 6.45) is 1.78. The van der Waals surface area contributed by atoms with Crippen molar-refractivity contribution < 1.29 is 4.79 Å². The molecule has 2 rings (SSSR count). The maximum absolute atomic E-state index is 10.6. The second kappa shape index (κ2) is 3.60. The van der Waals surface area contributed by atoms with E-state index in [0.29, 0.717) is 0 Å². The molecule has 1 aliphatic rings. The minimum Gasteiger partial charge on any atom is -0.303 e. The van der Waals surface area contributed by atoms with Gasteiger partial charge in [0.05, 0.1) is 6.04 Å². The molecule has 0 fully saturated rings. The highest BCUT2D eigenvalue weighted by Gasteiger charge is 2.16. The summed E-state index contributed by atoms with van der Waals surface area (Å²) in [7, 11) is 0. The van der Waals surface area contributed by atoms with Gasteiger partial charge in [-0.1, -0.05) is 22.0 Å². The van der Waals surface area contributed by atoms with E-state index in [9.17, 15) is 4.79 Å². The Morgan fingerprint density at radius 1 is 1.46 bits per heavy atom. The molecule has 0 bridgehead atoms. The van der Waals surface area contributed by atoms with E-state index in [1.54, 1.807) is 0 Å². The predicted octanol–water partition coefficient (Wildman–Crippen LogP) is 1.66. The molecule has 2 nitrogen and oxygen atoms in total. The Hall–Kier alpha value is -0.670. The third-order valence-electron chi connectivity index (χ3n) is 2.33. The Kier molecular flexibility index (Phi) is 2.47. The number of halogens is 1. The van der Waals surface area contributed by atoms with E-state index in [0.717, 1.165) is 23.7 Å². The number of fused-ring (bicyclic) bond motifs is 1. The van der Waals surface area contributed by atoms with E-state index in [1.165, 1.54) is 11.1 Å². The summed E-state index contributed by atoms with van der Waals surface area (Å²) in [5.41, 5.74) is 2.56. The van der Waals surface area contributed by atoms with Crippen LogP contribution in [0.1, 0.15) is 11.1 Å². The van der Waals surface area contributed by atoms with E-state index in [2.05, 4.69) is 33.4 Å². The molecule has 3 heteroatoms. The lowest BCUT2D eigenvalue weighted by atomic mass is 9.97. The van der Waals surface area contributed by atoms with Crippen molar-refractivity contribution in [3.8, 4) is 0 Å². The van der Waals surface area contributed by atoms with Gasteiger partial charge in [-0.3, -0.25) is 0 Å². The number of rotatable bonds is 1. The molecule has 1 atom stereocenters. The molecule has 0 saturated carbocycles. The zero-order valence-electron chi connectivity index (χ0n) is 7.09. The van der Waals surface area contributed by atoms with Crippen molar-refractivity contribution in [1.82, 2.24) is 5.32 Å². The molecular weight excluding hydrogens is 230 g/mol. The number of aldehydes is 1. The van der Waals surface area contributed by atoms with Crippen LogP contribution in [0, 0.1) is 0 Å². The summed E-state index contributed by atoms with van der Waals surface area (Å²) >= 11 is 3.42. The molecular formula is C10H10BrNO. The fourth-order valence-corrected chi connectivity index (χ4v) is 2.01. The van der Waals surface area contributed by atoms with Gasteiger partial charge in [0.1, 0.15) is 6.29 Å². The predicted molar refractivity (Wildman–Crippen MR) is 54.5 cm³/mol. The molecule has 0 radical (unpaired) electrons. The van der Waals surface area contributed by atoms with Crippen molar-refractivity contribution in [2.24, 2.45) is 0 Å². The number of nitrogens with one attached hydrogen (secondary N) is 1. The summed E-state index contributed by atoms with van der Waals surface area (Å²) in [4.78, 5) is 10.6. The van der Waals surface area contributed by atoms with E-state index in [4.69, 9.17) is 0 Å². The molecule has 1 N–H and O–H groups in total. The Morgan fingerprint density at radius 3 is 3.08 bits per heavy atom. The van der Waals surface area contributed by atoms with Crippen LogP contribution >= 0.6 is 15.9 Å². The minimum atomic E-state index is -0.0122. The van der Waals surface area contributed by atoms with Gasteiger partial charge >= 0.3 is 0 Å². The second-order valence-corrected chi connectivity index (χ2v) is 4.16. The summed E-state index contributed by atoms with van der Waals surface area (Å²) < 4.78 is 1.08. The van der Waals surface area contributed by atoms with Crippen molar-refractivity contribution in [2.45, 2.75) is 19.0 Å². The van der Waals surface area contributed by atoms with Crippen molar-refractivity contribution in [3.63, 3.8) is 0 Å². The number of carbonyl (C=O) groups is 1. The van der Waals surface area contributed by atoms with Crippen molar-refractivity contribution in [3.05, 3.63) is 33.8 Å². The lowest BCUT2D eigenvalue weighted by Gasteiger charge is -2.22. The largest absolute Gasteiger partial charge is 0.303 e. The maximum atomic E-state index is 10.6. The summed E-state index contributed by atoms with van der Waals surface area (Å²) in [6.45, 7) is 0.798. The summed E-state index contributed by atoms with van der Waals surface area (Å²) in [6, 6.07) is 6.20. The maximum Gasteiger partial charge on any atom is 0.137 e. The first-order valence-electron chi connectivity index (χ1n) is 4.25. The smallest absolute Gasteiger partial charge is 0.137 e. The van der Waals surface area contributed by atoms with Crippen LogP contribution in [-0.4, -0.2) is 12.3 Å². The highest BCUT2D eigenvalue weighted by molar-refractivity contribution is 9.10. The van der Waals surface area contributed by atoms with E-state index >= 15 is 0 Å². The first-order valence-corrected chi connectivity index (χ1v) is 5.05. The Balaban J connectivity index is 2.32. The molecule has 0 amide bonds. The van der Waals surface area contributed by atoms with E-state index < -0.39 is 0 Å². The molecule has 0 saturated heterocycles. The molecule has 68 valence electrons. The second-order valence-electron chi connectivity index (χ2n) is 3.24. The van der Waals surface area contributed by atoms with Gasteiger partial charge in [-0.2, -0.15) is 0 Å². The normalized spacial score (nSPS) is 20.8. The van der Waals surface area contributed by atoms with Crippen LogP contribution in [0.2, 0.25) is 0 Å². The zero-order chi connectivity index (χ0) is 9.26. The van der Waals surface area contributed by atoms with Gasteiger partial charge in [0.25, 0.3) is 0 Å². The van der Waals surface area contributed by atoms with Crippen LogP contribution in [0.4, 0.5) is 0 Å². The minimum absolute atomic E-state index is 0.0122. The molecule has 1 aromatic carbocycles. The third kappa shape index (κ3) is 1.81. The summed E-state index contributed by atoms with van der Waals surface area (Å²) in [5.74, 6) is 0. The van der Waals surface area contributed by atoms with Crippen LogP contribution in [0.5, 0.6) is 0 Å². The lowest BCUT2D eigenvalue weighted by molar-refractivity contribution is -0.109. The van der Waals surface area contributed by atoms with Crippen LogP contribution in [-0.2, 0) is 17.8 Å². The number of benzene rings is 1. The SMILES string of the molecule is O=CC1Cc2cc(Br)ccc2CN1. The number of hydrogen-bond donors (Lipinski definition) is 1. The third-order valence-corrected chi connectivity index (χ3v) is 2.82. The molecule has 0 spiro atoms. The van der Waals surface area contributed by atoms with Crippen LogP contribution in [0.15, 0.2) is 22.7 Å². The number of hydrogen-bond acceptors (Lipinski definition) is 2.